The van der Waals surface area contributed by atoms with Crippen molar-refractivity contribution < 1.29 is 4.79 Å². The summed E-state index contributed by atoms with van der Waals surface area (Å²) in [6.07, 6.45) is 1.89. The lowest BCUT2D eigenvalue weighted by molar-refractivity contribution is -0.112. The number of fused-ring (bicyclic) bond motifs is 1. The van der Waals surface area contributed by atoms with Crippen LogP contribution in [-0.2, 0) is 4.79 Å². The van der Waals surface area contributed by atoms with Gasteiger partial charge in [0.2, 0.25) is 0 Å². The SMILES string of the molecule is O=C1Nc2cc(Cl)ccc2S/C1=C\c1ccccc1. The second-order valence-corrected chi connectivity index (χ2v) is 5.64. The molecule has 2 aromatic rings. The van der Waals surface area contributed by atoms with E-state index in [9.17, 15) is 4.79 Å². The lowest BCUT2D eigenvalue weighted by atomic mass is 10.2. The Hall–Kier alpha value is -1.71. The normalized spacial score (nSPS) is 16.1. The van der Waals surface area contributed by atoms with E-state index in [-0.39, 0.29) is 5.91 Å². The molecule has 0 saturated heterocycles. The highest BCUT2D eigenvalue weighted by Gasteiger charge is 2.20. The van der Waals surface area contributed by atoms with E-state index in [1.807, 2.05) is 48.5 Å². The molecular formula is C15H10ClNOS. The van der Waals surface area contributed by atoms with Gasteiger partial charge in [0.1, 0.15) is 0 Å². The summed E-state index contributed by atoms with van der Waals surface area (Å²) in [5.41, 5.74) is 1.78. The molecule has 1 N–H and O–H groups in total. The van der Waals surface area contributed by atoms with Crippen molar-refractivity contribution in [2.45, 2.75) is 4.90 Å². The molecule has 2 nitrogen and oxygen atoms in total. The zero-order valence-corrected chi connectivity index (χ0v) is 11.5. The highest BCUT2D eigenvalue weighted by atomic mass is 35.5. The maximum atomic E-state index is 12.0. The number of halogens is 1. The third-order valence-electron chi connectivity index (χ3n) is 2.73. The van der Waals surface area contributed by atoms with Gasteiger partial charge in [0.25, 0.3) is 5.91 Å². The quantitative estimate of drug-likeness (QED) is 0.786. The van der Waals surface area contributed by atoms with Gasteiger partial charge in [-0.2, -0.15) is 0 Å². The second-order valence-electron chi connectivity index (χ2n) is 4.12. The highest BCUT2D eigenvalue weighted by Crippen LogP contribution is 2.39. The number of amides is 1. The number of thioether (sulfide) groups is 1. The minimum absolute atomic E-state index is 0.0939. The van der Waals surface area contributed by atoms with Gasteiger partial charge in [0, 0.05) is 9.92 Å². The van der Waals surface area contributed by atoms with E-state index in [4.69, 9.17) is 11.6 Å². The standard InChI is InChI=1S/C15H10ClNOS/c16-11-6-7-13-12(9-11)17-15(18)14(19-13)8-10-4-2-1-3-5-10/h1-9H,(H,17,18)/b14-8-. The van der Waals surface area contributed by atoms with Crippen molar-refractivity contribution in [1.82, 2.24) is 0 Å². The minimum atomic E-state index is -0.0939. The van der Waals surface area contributed by atoms with Gasteiger partial charge in [0.15, 0.2) is 0 Å². The fourth-order valence-corrected chi connectivity index (χ4v) is 2.94. The van der Waals surface area contributed by atoms with Crippen LogP contribution in [0.2, 0.25) is 5.02 Å². The maximum Gasteiger partial charge on any atom is 0.262 e. The van der Waals surface area contributed by atoms with Gasteiger partial charge in [0.05, 0.1) is 10.6 Å². The number of benzene rings is 2. The van der Waals surface area contributed by atoms with Crippen molar-refractivity contribution in [2.75, 3.05) is 5.32 Å². The molecule has 0 aliphatic carbocycles. The predicted octanol–water partition coefficient (Wildman–Crippen LogP) is 4.43. The third kappa shape index (κ3) is 2.67. The Bertz CT molecular complexity index is 667. The number of anilines is 1. The molecule has 0 aromatic heterocycles. The van der Waals surface area contributed by atoms with Gasteiger partial charge in [-0.25, -0.2) is 0 Å². The lowest BCUT2D eigenvalue weighted by Crippen LogP contribution is -2.17. The van der Waals surface area contributed by atoms with Gasteiger partial charge in [-0.05, 0) is 29.8 Å². The van der Waals surface area contributed by atoms with Gasteiger partial charge in [-0.3, -0.25) is 4.79 Å². The molecule has 1 aliphatic rings. The highest BCUT2D eigenvalue weighted by molar-refractivity contribution is 8.04. The first-order chi connectivity index (χ1) is 9.22. The van der Waals surface area contributed by atoms with Crippen LogP contribution in [0.3, 0.4) is 0 Å². The molecule has 1 aliphatic heterocycles. The largest absolute Gasteiger partial charge is 0.320 e. The maximum absolute atomic E-state index is 12.0. The summed E-state index contributed by atoms with van der Waals surface area (Å²) >= 11 is 7.37. The van der Waals surface area contributed by atoms with Crippen molar-refractivity contribution in [1.29, 1.82) is 0 Å². The molecule has 94 valence electrons. The summed E-state index contributed by atoms with van der Waals surface area (Å²) in [5.74, 6) is -0.0939. The van der Waals surface area contributed by atoms with E-state index in [1.54, 1.807) is 6.07 Å². The molecule has 0 unspecified atom stereocenters. The van der Waals surface area contributed by atoms with Crippen LogP contribution in [0.15, 0.2) is 58.3 Å². The Morgan fingerprint density at radius 3 is 2.68 bits per heavy atom. The summed E-state index contributed by atoms with van der Waals surface area (Å²) in [6, 6.07) is 15.3. The fourth-order valence-electron chi connectivity index (χ4n) is 1.83. The zero-order chi connectivity index (χ0) is 13.2. The lowest BCUT2D eigenvalue weighted by Gasteiger charge is -2.18. The van der Waals surface area contributed by atoms with E-state index in [0.717, 1.165) is 16.1 Å². The fraction of sp³-hybridized carbons (Fsp3) is 0. The molecule has 3 rings (SSSR count). The van der Waals surface area contributed by atoms with Crippen molar-refractivity contribution in [3.05, 3.63) is 64.0 Å². The molecule has 0 bridgehead atoms. The molecule has 4 heteroatoms. The Morgan fingerprint density at radius 1 is 1.11 bits per heavy atom. The van der Waals surface area contributed by atoms with Crippen LogP contribution in [0, 0.1) is 0 Å². The summed E-state index contributed by atoms with van der Waals surface area (Å²) in [7, 11) is 0. The van der Waals surface area contributed by atoms with E-state index in [0.29, 0.717) is 9.93 Å². The average molecular weight is 288 g/mol. The monoisotopic (exact) mass is 287 g/mol. The third-order valence-corrected chi connectivity index (χ3v) is 4.07. The van der Waals surface area contributed by atoms with Crippen LogP contribution < -0.4 is 5.32 Å². The molecule has 1 amide bonds. The predicted molar refractivity (Wildman–Crippen MR) is 80.4 cm³/mol. The molecule has 0 saturated carbocycles. The number of hydrogen-bond acceptors (Lipinski definition) is 2. The number of hydrogen-bond donors (Lipinski definition) is 1. The minimum Gasteiger partial charge on any atom is -0.320 e. The van der Waals surface area contributed by atoms with E-state index >= 15 is 0 Å². The molecule has 0 radical (unpaired) electrons. The molecule has 0 spiro atoms. The number of carbonyl (C=O) groups is 1. The van der Waals surface area contributed by atoms with E-state index < -0.39 is 0 Å². The second kappa shape index (κ2) is 5.11. The molecule has 1 heterocycles. The van der Waals surface area contributed by atoms with Crippen LogP contribution in [0.5, 0.6) is 0 Å². The summed E-state index contributed by atoms with van der Waals surface area (Å²) in [5, 5.41) is 3.48. The first-order valence-corrected chi connectivity index (χ1v) is 6.97. The number of nitrogens with one attached hydrogen (secondary N) is 1. The van der Waals surface area contributed by atoms with Gasteiger partial charge < -0.3 is 5.32 Å². The summed E-state index contributed by atoms with van der Waals surface area (Å²) < 4.78 is 0. The van der Waals surface area contributed by atoms with Crippen LogP contribution in [0.4, 0.5) is 5.69 Å². The molecule has 0 atom stereocenters. The van der Waals surface area contributed by atoms with Crippen molar-refractivity contribution in [3.8, 4) is 0 Å². The molecule has 2 aromatic carbocycles. The summed E-state index contributed by atoms with van der Waals surface area (Å²) in [4.78, 5) is 13.7. The van der Waals surface area contributed by atoms with E-state index in [1.165, 1.54) is 11.8 Å². The molecule has 0 fully saturated rings. The van der Waals surface area contributed by atoms with Crippen molar-refractivity contribution in [2.24, 2.45) is 0 Å². The van der Waals surface area contributed by atoms with Crippen LogP contribution in [-0.4, -0.2) is 5.91 Å². The molecule has 19 heavy (non-hydrogen) atoms. The van der Waals surface area contributed by atoms with Gasteiger partial charge in [-0.1, -0.05) is 53.7 Å². The number of rotatable bonds is 1. The zero-order valence-electron chi connectivity index (χ0n) is 9.89. The van der Waals surface area contributed by atoms with Crippen molar-refractivity contribution >= 4 is 41.0 Å². The number of carbonyl (C=O) groups excluding carboxylic acids is 1. The van der Waals surface area contributed by atoms with Gasteiger partial charge >= 0.3 is 0 Å². The average Bonchev–Trinajstić information content (AvgIpc) is 2.41. The topological polar surface area (TPSA) is 29.1 Å². The van der Waals surface area contributed by atoms with Crippen LogP contribution >= 0.6 is 23.4 Å². The molecular weight excluding hydrogens is 278 g/mol. The smallest absolute Gasteiger partial charge is 0.262 e. The Kier molecular flexibility index (Phi) is 3.32. The van der Waals surface area contributed by atoms with Crippen LogP contribution in [0.25, 0.3) is 6.08 Å². The Balaban J connectivity index is 1.96. The summed E-state index contributed by atoms with van der Waals surface area (Å²) in [6.45, 7) is 0. The first-order valence-electron chi connectivity index (χ1n) is 5.78. The van der Waals surface area contributed by atoms with Gasteiger partial charge in [-0.15, -0.1) is 0 Å². The first kappa shape index (κ1) is 12.3. The van der Waals surface area contributed by atoms with Crippen molar-refractivity contribution in [3.63, 3.8) is 0 Å². The Morgan fingerprint density at radius 2 is 1.89 bits per heavy atom. The van der Waals surface area contributed by atoms with E-state index in [2.05, 4.69) is 5.32 Å². The van der Waals surface area contributed by atoms with Crippen LogP contribution in [0.1, 0.15) is 5.56 Å². The Labute approximate surface area is 120 Å².